The molecule has 0 radical (unpaired) electrons. The predicted octanol–water partition coefficient (Wildman–Crippen LogP) is 2.82. The lowest BCUT2D eigenvalue weighted by atomic mass is 10.1. The monoisotopic (exact) mass is 381 g/mol. The van der Waals surface area contributed by atoms with Crippen molar-refractivity contribution in [3.63, 3.8) is 0 Å². The Balaban J connectivity index is 1.63. The molecule has 0 fully saturated rings. The molecule has 1 aromatic heterocycles. The second kappa shape index (κ2) is 8.72. The fraction of sp³-hybridized carbons (Fsp3) is 0.150. The summed E-state index contributed by atoms with van der Waals surface area (Å²) in [5.41, 5.74) is 6.25. The van der Waals surface area contributed by atoms with E-state index in [4.69, 9.17) is 14.0 Å². The number of hydrazine groups is 1. The van der Waals surface area contributed by atoms with Gasteiger partial charge in [-0.3, -0.25) is 20.4 Å². The number of methoxy groups -OCH3 is 1. The van der Waals surface area contributed by atoms with E-state index in [0.717, 1.165) is 5.56 Å². The van der Waals surface area contributed by atoms with Gasteiger partial charge in [0.05, 0.1) is 13.7 Å². The lowest BCUT2D eigenvalue weighted by Gasteiger charge is -2.11. The summed E-state index contributed by atoms with van der Waals surface area (Å²) in [6.45, 7) is 2.32. The second-order valence-electron chi connectivity index (χ2n) is 5.65. The number of aromatic nitrogens is 1. The van der Waals surface area contributed by atoms with Gasteiger partial charge in [-0.2, -0.15) is 0 Å². The fourth-order valence-corrected chi connectivity index (χ4v) is 2.46. The lowest BCUT2D eigenvalue weighted by molar-refractivity contribution is 0.0825. The molecule has 3 aromatic rings. The highest BCUT2D eigenvalue weighted by atomic mass is 16.5. The summed E-state index contributed by atoms with van der Waals surface area (Å²) in [6.07, 6.45) is 0. The second-order valence-corrected chi connectivity index (χ2v) is 5.65. The summed E-state index contributed by atoms with van der Waals surface area (Å²) in [5, 5.41) is 3.86. The quantitative estimate of drug-likeness (QED) is 0.637. The van der Waals surface area contributed by atoms with Crippen LogP contribution in [0.15, 0.2) is 59.1 Å². The van der Waals surface area contributed by atoms with Gasteiger partial charge in [-0.15, -0.1) is 0 Å². The van der Waals surface area contributed by atoms with Gasteiger partial charge in [0.2, 0.25) is 5.76 Å². The van der Waals surface area contributed by atoms with E-state index in [9.17, 15) is 9.59 Å². The first kappa shape index (κ1) is 19.0. The molecule has 0 unspecified atom stereocenters. The Kier molecular flexibility index (Phi) is 5.91. The average Bonchev–Trinajstić information content (AvgIpc) is 3.23. The van der Waals surface area contributed by atoms with Crippen molar-refractivity contribution >= 4 is 11.8 Å². The van der Waals surface area contributed by atoms with E-state index in [1.54, 1.807) is 12.1 Å². The topological polar surface area (TPSA) is 103 Å². The Bertz CT molecular complexity index is 969. The first-order valence-electron chi connectivity index (χ1n) is 8.56. The molecule has 0 saturated carbocycles. The summed E-state index contributed by atoms with van der Waals surface area (Å²) in [4.78, 5) is 24.5. The molecule has 0 atom stereocenters. The van der Waals surface area contributed by atoms with E-state index in [0.29, 0.717) is 29.4 Å². The number of amides is 2. The standard InChI is InChI=1S/C20H19N3O5/c1-3-27-16-10-9-14(11-17(16)26-2)19(24)21-22-20(25)18-12-15(23-28-18)13-7-5-4-6-8-13/h4-12H,3H2,1-2H3,(H,21,24)(H,22,25). The van der Waals surface area contributed by atoms with E-state index in [1.165, 1.54) is 19.2 Å². The molecule has 8 nitrogen and oxygen atoms in total. The molecule has 0 spiro atoms. The van der Waals surface area contributed by atoms with Gasteiger partial charge in [0.1, 0.15) is 5.69 Å². The summed E-state index contributed by atoms with van der Waals surface area (Å²) < 4.78 is 15.7. The van der Waals surface area contributed by atoms with E-state index in [-0.39, 0.29) is 5.76 Å². The molecule has 1 heterocycles. The average molecular weight is 381 g/mol. The van der Waals surface area contributed by atoms with Crippen molar-refractivity contribution in [1.29, 1.82) is 0 Å². The number of nitrogens with one attached hydrogen (secondary N) is 2. The number of carbonyl (C=O) groups excluding carboxylic acids is 2. The van der Waals surface area contributed by atoms with Crippen molar-refractivity contribution in [2.24, 2.45) is 0 Å². The molecule has 0 bridgehead atoms. The van der Waals surface area contributed by atoms with Gasteiger partial charge in [0.25, 0.3) is 5.91 Å². The molecule has 2 N–H and O–H groups in total. The zero-order valence-corrected chi connectivity index (χ0v) is 15.4. The molecule has 8 heteroatoms. The van der Waals surface area contributed by atoms with Crippen molar-refractivity contribution in [3.05, 3.63) is 65.9 Å². The Labute approximate surface area is 161 Å². The fourth-order valence-electron chi connectivity index (χ4n) is 2.46. The Morgan fingerprint density at radius 3 is 2.46 bits per heavy atom. The third kappa shape index (κ3) is 4.29. The van der Waals surface area contributed by atoms with Crippen LogP contribution in [0.1, 0.15) is 27.8 Å². The van der Waals surface area contributed by atoms with Gasteiger partial charge < -0.3 is 14.0 Å². The van der Waals surface area contributed by atoms with Gasteiger partial charge in [0.15, 0.2) is 11.5 Å². The summed E-state index contributed by atoms with van der Waals surface area (Å²) in [5.74, 6) is -0.217. The van der Waals surface area contributed by atoms with E-state index >= 15 is 0 Å². The summed E-state index contributed by atoms with van der Waals surface area (Å²) >= 11 is 0. The summed E-state index contributed by atoms with van der Waals surface area (Å²) in [6, 6.07) is 15.5. The normalized spacial score (nSPS) is 10.2. The maximum Gasteiger partial charge on any atom is 0.308 e. The van der Waals surface area contributed by atoms with Crippen LogP contribution >= 0.6 is 0 Å². The third-order valence-corrected chi connectivity index (χ3v) is 3.82. The van der Waals surface area contributed by atoms with E-state index in [1.807, 2.05) is 37.3 Å². The van der Waals surface area contributed by atoms with E-state index < -0.39 is 11.8 Å². The minimum atomic E-state index is -0.624. The van der Waals surface area contributed by atoms with Crippen LogP contribution in [0.3, 0.4) is 0 Å². The van der Waals surface area contributed by atoms with E-state index in [2.05, 4.69) is 16.0 Å². The number of hydrogen-bond acceptors (Lipinski definition) is 6. The zero-order chi connectivity index (χ0) is 19.9. The number of carbonyl (C=O) groups is 2. The van der Waals surface area contributed by atoms with Gasteiger partial charge in [-0.1, -0.05) is 35.5 Å². The third-order valence-electron chi connectivity index (χ3n) is 3.82. The number of rotatable bonds is 6. The molecule has 144 valence electrons. The highest BCUT2D eigenvalue weighted by molar-refractivity contribution is 5.98. The molecule has 2 aromatic carbocycles. The van der Waals surface area contributed by atoms with Crippen LogP contribution in [0.2, 0.25) is 0 Å². The number of benzene rings is 2. The molecular formula is C20H19N3O5. The van der Waals surface area contributed by atoms with Crippen molar-refractivity contribution < 1.29 is 23.6 Å². The number of ether oxygens (including phenoxy) is 2. The van der Waals surface area contributed by atoms with Crippen LogP contribution in [-0.2, 0) is 0 Å². The van der Waals surface area contributed by atoms with Crippen molar-refractivity contribution in [2.75, 3.05) is 13.7 Å². The first-order valence-corrected chi connectivity index (χ1v) is 8.56. The molecule has 0 aliphatic heterocycles. The van der Waals surface area contributed by atoms with Crippen LogP contribution in [0.25, 0.3) is 11.3 Å². The Morgan fingerprint density at radius 2 is 1.75 bits per heavy atom. The van der Waals surface area contributed by atoms with Crippen molar-refractivity contribution in [2.45, 2.75) is 6.92 Å². The molecule has 0 aliphatic rings. The SMILES string of the molecule is CCOc1ccc(C(=O)NNC(=O)c2cc(-c3ccccc3)no2)cc1OC. The van der Waals surface area contributed by atoms with Gasteiger partial charge in [-0.25, -0.2) is 0 Å². The van der Waals surface area contributed by atoms with Crippen LogP contribution in [-0.4, -0.2) is 30.7 Å². The van der Waals surface area contributed by atoms with Crippen molar-refractivity contribution in [3.8, 4) is 22.8 Å². The minimum Gasteiger partial charge on any atom is -0.493 e. The van der Waals surface area contributed by atoms with Crippen LogP contribution in [0.4, 0.5) is 0 Å². The molecule has 0 aliphatic carbocycles. The van der Waals surface area contributed by atoms with Crippen molar-refractivity contribution in [1.82, 2.24) is 16.0 Å². The minimum absolute atomic E-state index is 0.0246. The highest BCUT2D eigenvalue weighted by Gasteiger charge is 2.16. The smallest absolute Gasteiger partial charge is 0.308 e. The van der Waals surface area contributed by atoms with Crippen LogP contribution in [0, 0.1) is 0 Å². The predicted molar refractivity (Wildman–Crippen MR) is 101 cm³/mol. The number of hydrogen-bond donors (Lipinski definition) is 2. The largest absolute Gasteiger partial charge is 0.493 e. The summed E-state index contributed by atoms with van der Waals surface area (Å²) in [7, 11) is 1.48. The molecule has 2 amide bonds. The van der Waals surface area contributed by atoms with Gasteiger partial charge in [-0.05, 0) is 25.1 Å². The first-order chi connectivity index (χ1) is 13.6. The Morgan fingerprint density at radius 1 is 1.00 bits per heavy atom. The highest BCUT2D eigenvalue weighted by Crippen LogP contribution is 2.28. The van der Waals surface area contributed by atoms with Crippen LogP contribution < -0.4 is 20.3 Å². The van der Waals surface area contributed by atoms with Crippen LogP contribution in [0.5, 0.6) is 11.5 Å². The van der Waals surface area contributed by atoms with Gasteiger partial charge >= 0.3 is 5.91 Å². The number of nitrogens with zero attached hydrogens (tertiary/aromatic N) is 1. The van der Waals surface area contributed by atoms with Gasteiger partial charge in [0, 0.05) is 17.2 Å². The molecule has 3 rings (SSSR count). The molecular weight excluding hydrogens is 362 g/mol. The molecule has 28 heavy (non-hydrogen) atoms. The zero-order valence-electron chi connectivity index (χ0n) is 15.4. The Hall–Kier alpha value is -3.81. The molecule has 0 saturated heterocycles. The lowest BCUT2D eigenvalue weighted by Crippen LogP contribution is -2.41. The maximum absolute atomic E-state index is 12.3. The maximum atomic E-state index is 12.3.